The Morgan fingerprint density at radius 1 is 1.64 bits per heavy atom. The second-order valence-corrected chi connectivity index (χ2v) is 3.49. The Morgan fingerprint density at radius 3 is 2.55 bits per heavy atom. The van der Waals surface area contributed by atoms with Crippen LogP contribution >= 0.6 is 0 Å². The van der Waals surface area contributed by atoms with Gasteiger partial charge in [0.2, 0.25) is 0 Å². The molecule has 0 spiro atoms. The monoisotopic (exact) mass is 159 g/mol. The van der Waals surface area contributed by atoms with E-state index in [-0.39, 0.29) is 18.1 Å². The zero-order valence-corrected chi connectivity index (χ0v) is 7.05. The quantitative estimate of drug-likeness (QED) is 0.612. The predicted molar refractivity (Wildman–Crippen MR) is 43.2 cm³/mol. The molecule has 0 amide bonds. The van der Waals surface area contributed by atoms with E-state index in [9.17, 15) is 0 Å². The average molecular weight is 159 g/mol. The zero-order valence-electron chi connectivity index (χ0n) is 7.05. The molecular weight excluding hydrogens is 142 g/mol. The molecule has 66 valence electrons. The van der Waals surface area contributed by atoms with Gasteiger partial charge in [0.15, 0.2) is 0 Å². The lowest BCUT2D eigenvalue weighted by Gasteiger charge is -2.42. The van der Waals surface area contributed by atoms with Crippen LogP contribution in [0.4, 0.5) is 0 Å². The van der Waals surface area contributed by atoms with Gasteiger partial charge in [-0.1, -0.05) is 6.92 Å². The Labute approximate surface area is 67.5 Å². The van der Waals surface area contributed by atoms with Gasteiger partial charge in [0.05, 0.1) is 19.8 Å². The molecule has 11 heavy (non-hydrogen) atoms. The Balaban J connectivity index is 2.32. The van der Waals surface area contributed by atoms with Crippen molar-refractivity contribution in [3.05, 3.63) is 0 Å². The Morgan fingerprint density at radius 2 is 2.27 bits per heavy atom. The molecule has 1 aliphatic heterocycles. The first kappa shape index (κ1) is 8.97. The SMILES string of the molecule is CCC1(CC(N)CO)COC1. The molecule has 1 heterocycles. The molecule has 1 atom stereocenters. The molecule has 1 saturated heterocycles. The summed E-state index contributed by atoms with van der Waals surface area (Å²) in [5.41, 5.74) is 5.92. The standard InChI is InChI=1S/C8H17NO2/c1-2-8(5-11-6-8)3-7(9)4-10/h7,10H,2-6,9H2,1H3. The zero-order chi connectivity index (χ0) is 8.32. The van der Waals surface area contributed by atoms with Gasteiger partial charge in [0, 0.05) is 11.5 Å². The molecule has 0 aromatic rings. The van der Waals surface area contributed by atoms with E-state index in [1.807, 2.05) is 0 Å². The predicted octanol–water partition coefficient (Wildman–Crippen LogP) is 0.123. The first-order valence-electron chi connectivity index (χ1n) is 4.16. The van der Waals surface area contributed by atoms with Crippen molar-refractivity contribution in [3.8, 4) is 0 Å². The molecule has 3 heteroatoms. The summed E-state index contributed by atoms with van der Waals surface area (Å²) in [6, 6.07) is -0.0705. The van der Waals surface area contributed by atoms with Gasteiger partial charge in [-0.2, -0.15) is 0 Å². The molecule has 0 aromatic carbocycles. The summed E-state index contributed by atoms with van der Waals surface area (Å²) in [5.74, 6) is 0. The molecule has 0 aliphatic carbocycles. The van der Waals surface area contributed by atoms with Crippen LogP contribution in [-0.2, 0) is 4.74 Å². The third-order valence-corrected chi connectivity index (χ3v) is 2.50. The van der Waals surface area contributed by atoms with Crippen molar-refractivity contribution in [2.45, 2.75) is 25.8 Å². The van der Waals surface area contributed by atoms with E-state index in [1.165, 1.54) is 0 Å². The molecule has 3 N–H and O–H groups in total. The van der Waals surface area contributed by atoms with Crippen molar-refractivity contribution in [1.82, 2.24) is 0 Å². The minimum Gasteiger partial charge on any atom is -0.395 e. The normalized spacial score (nSPS) is 24.3. The highest BCUT2D eigenvalue weighted by atomic mass is 16.5. The third-order valence-electron chi connectivity index (χ3n) is 2.50. The molecule has 0 saturated carbocycles. The summed E-state index contributed by atoms with van der Waals surface area (Å²) in [4.78, 5) is 0. The number of rotatable bonds is 4. The number of hydrogen-bond acceptors (Lipinski definition) is 3. The Hall–Kier alpha value is -0.120. The maximum atomic E-state index is 8.75. The van der Waals surface area contributed by atoms with Crippen LogP contribution in [0.15, 0.2) is 0 Å². The topological polar surface area (TPSA) is 55.5 Å². The number of aliphatic hydroxyl groups is 1. The average Bonchev–Trinajstić information content (AvgIpc) is 1.96. The van der Waals surface area contributed by atoms with Crippen LogP contribution in [-0.4, -0.2) is 31.0 Å². The summed E-state index contributed by atoms with van der Waals surface area (Å²) in [5, 5.41) is 8.75. The van der Waals surface area contributed by atoms with E-state index in [0.29, 0.717) is 0 Å². The summed E-state index contributed by atoms with van der Waals surface area (Å²) >= 11 is 0. The number of hydrogen-bond donors (Lipinski definition) is 2. The van der Waals surface area contributed by atoms with Crippen molar-refractivity contribution in [2.75, 3.05) is 19.8 Å². The van der Waals surface area contributed by atoms with Crippen LogP contribution in [0.1, 0.15) is 19.8 Å². The van der Waals surface area contributed by atoms with Crippen LogP contribution in [0.2, 0.25) is 0 Å². The molecule has 1 fully saturated rings. The van der Waals surface area contributed by atoms with Crippen LogP contribution in [0.3, 0.4) is 0 Å². The minimum atomic E-state index is -0.0705. The molecule has 1 aliphatic rings. The largest absolute Gasteiger partial charge is 0.395 e. The molecular formula is C8H17NO2. The smallest absolute Gasteiger partial charge is 0.0582 e. The Bertz CT molecular complexity index is 118. The van der Waals surface area contributed by atoms with E-state index >= 15 is 0 Å². The number of aliphatic hydroxyl groups excluding tert-OH is 1. The van der Waals surface area contributed by atoms with Gasteiger partial charge >= 0.3 is 0 Å². The lowest BCUT2D eigenvalue weighted by molar-refractivity contribution is -0.123. The summed E-state index contributed by atoms with van der Waals surface area (Å²) < 4.78 is 5.14. The van der Waals surface area contributed by atoms with E-state index in [4.69, 9.17) is 15.6 Å². The molecule has 3 nitrogen and oxygen atoms in total. The van der Waals surface area contributed by atoms with E-state index < -0.39 is 0 Å². The first-order chi connectivity index (χ1) is 5.22. The minimum absolute atomic E-state index is 0.0705. The van der Waals surface area contributed by atoms with Crippen LogP contribution in [0.25, 0.3) is 0 Å². The maximum Gasteiger partial charge on any atom is 0.0582 e. The van der Waals surface area contributed by atoms with Gasteiger partial charge in [-0.15, -0.1) is 0 Å². The fourth-order valence-electron chi connectivity index (χ4n) is 1.48. The van der Waals surface area contributed by atoms with Gasteiger partial charge < -0.3 is 15.6 Å². The second kappa shape index (κ2) is 3.52. The van der Waals surface area contributed by atoms with Crippen LogP contribution < -0.4 is 5.73 Å². The highest BCUT2D eigenvalue weighted by Gasteiger charge is 2.37. The van der Waals surface area contributed by atoms with Crippen LogP contribution in [0.5, 0.6) is 0 Å². The van der Waals surface area contributed by atoms with Gasteiger partial charge in [-0.05, 0) is 12.8 Å². The van der Waals surface area contributed by atoms with Crippen molar-refractivity contribution in [2.24, 2.45) is 11.1 Å². The van der Waals surface area contributed by atoms with E-state index in [1.54, 1.807) is 0 Å². The van der Waals surface area contributed by atoms with Crippen molar-refractivity contribution >= 4 is 0 Å². The summed E-state index contributed by atoms with van der Waals surface area (Å²) in [7, 11) is 0. The van der Waals surface area contributed by atoms with Gasteiger partial charge in [-0.25, -0.2) is 0 Å². The summed E-state index contributed by atoms with van der Waals surface area (Å²) in [6.07, 6.45) is 1.99. The van der Waals surface area contributed by atoms with Crippen LogP contribution in [0, 0.1) is 5.41 Å². The van der Waals surface area contributed by atoms with Gasteiger partial charge in [0.25, 0.3) is 0 Å². The fraction of sp³-hybridized carbons (Fsp3) is 1.00. The molecule has 0 bridgehead atoms. The lowest BCUT2D eigenvalue weighted by Crippen LogP contribution is -2.46. The van der Waals surface area contributed by atoms with E-state index in [0.717, 1.165) is 26.1 Å². The van der Waals surface area contributed by atoms with E-state index in [2.05, 4.69) is 6.92 Å². The van der Waals surface area contributed by atoms with Crippen molar-refractivity contribution in [3.63, 3.8) is 0 Å². The van der Waals surface area contributed by atoms with Crippen molar-refractivity contribution in [1.29, 1.82) is 0 Å². The highest BCUT2D eigenvalue weighted by molar-refractivity contribution is 4.87. The molecule has 1 unspecified atom stereocenters. The Kier molecular flexibility index (Phi) is 2.87. The lowest BCUT2D eigenvalue weighted by atomic mass is 9.78. The summed E-state index contributed by atoms with van der Waals surface area (Å²) in [6.45, 7) is 3.86. The molecule has 1 rings (SSSR count). The fourth-order valence-corrected chi connectivity index (χ4v) is 1.48. The third kappa shape index (κ3) is 1.92. The van der Waals surface area contributed by atoms with Gasteiger partial charge in [0.1, 0.15) is 0 Å². The molecule has 0 aromatic heterocycles. The second-order valence-electron chi connectivity index (χ2n) is 3.49. The molecule has 0 radical (unpaired) electrons. The van der Waals surface area contributed by atoms with Crippen molar-refractivity contribution < 1.29 is 9.84 Å². The first-order valence-corrected chi connectivity index (χ1v) is 4.16. The number of ether oxygens (including phenoxy) is 1. The highest BCUT2D eigenvalue weighted by Crippen LogP contribution is 2.35. The number of nitrogens with two attached hydrogens (primary N) is 1. The maximum absolute atomic E-state index is 8.75. The van der Waals surface area contributed by atoms with Gasteiger partial charge in [-0.3, -0.25) is 0 Å².